The van der Waals surface area contributed by atoms with E-state index in [2.05, 4.69) is 17.2 Å². The Morgan fingerprint density at radius 1 is 1.04 bits per heavy atom. The van der Waals surface area contributed by atoms with Crippen molar-refractivity contribution < 1.29 is 9.53 Å². The van der Waals surface area contributed by atoms with Crippen LogP contribution in [0, 0.1) is 13.8 Å². The first-order chi connectivity index (χ1) is 12.1. The molecule has 0 spiro atoms. The van der Waals surface area contributed by atoms with Crippen LogP contribution in [-0.2, 0) is 0 Å². The summed E-state index contributed by atoms with van der Waals surface area (Å²) in [7, 11) is 0. The number of rotatable bonds is 9. The van der Waals surface area contributed by atoms with Crippen molar-refractivity contribution in [1.82, 2.24) is 4.98 Å². The van der Waals surface area contributed by atoms with Crippen molar-refractivity contribution in [3.63, 3.8) is 0 Å². The molecule has 2 aromatic rings. The molecule has 0 unspecified atom stereocenters. The minimum atomic E-state index is -0.163. The van der Waals surface area contributed by atoms with Crippen LogP contribution in [0.4, 0.5) is 5.82 Å². The third-order valence-corrected chi connectivity index (χ3v) is 3.97. The van der Waals surface area contributed by atoms with Crippen molar-refractivity contribution in [3.8, 4) is 5.75 Å². The second-order valence-electron chi connectivity index (χ2n) is 6.41. The minimum Gasteiger partial charge on any atom is -0.494 e. The lowest BCUT2D eigenvalue weighted by Gasteiger charge is -2.08. The zero-order valence-corrected chi connectivity index (χ0v) is 15.5. The van der Waals surface area contributed by atoms with Crippen LogP contribution < -0.4 is 10.1 Å². The SMILES string of the molecule is CCCCCCCOc1ccc(C(=O)Nc2cc(C)cc(C)n2)cc1. The lowest BCUT2D eigenvalue weighted by atomic mass is 10.2. The van der Waals surface area contributed by atoms with E-state index in [1.54, 1.807) is 12.1 Å². The number of anilines is 1. The van der Waals surface area contributed by atoms with Crippen LogP contribution in [0.15, 0.2) is 36.4 Å². The van der Waals surface area contributed by atoms with Gasteiger partial charge in [0.2, 0.25) is 0 Å². The highest BCUT2D eigenvalue weighted by Crippen LogP contribution is 2.15. The number of benzene rings is 1. The predicted molar refractivity (Wildman–Crippen MR) is 102 cm³/mol. The first kappa shape index (κ1) is 19.0. The van der Waals surface area contributed by atoms with Crippen molar-refractivity contribution in [1.29, 1.82) is 0 Å². The van der Waals surface area contributed by atoms with Gasteiger partial charge in [0.05, 0.1) is 6.61 Å². The molecule has 0 radical (unpaired) electrons. The molecule has 1 aromatic heterocycles. The van der Waals surface area contributed by atoms with E-state index in [1.165, 1.54) is 25.7 Å². The molecule has 1 N–H and O–H groups in total. The van der Waals surface area contributed by atoms with Gasteiger partial charge in [-0.3, -0.25) is 4.79 Å². The third kappa shape index (κ3) is 6.57. The van der Waals surface area contributed by atoms with E-state index >= 15 is 0 Å². The zero-order valence-electron chi connectivity index (χ0n) is 15.5. The monoisotopic (exact) mass is 340 g/mol. The van der Waals surface area contributed by atoms with Crippen LogP contribution in [0.25, 0.3) is 0 Å². The van der Waals surface area contributed by atoms with Gasteiger partial charge in [0.25, 0.3) is 5.91 Å². The van der Waals surface area contributed by atoms with Gasteiger partial charge in [-0.05, 0) is 62.2 Å². The molecule has 0 bridgehead atoms. The van der Waals surface area contributed by atoms with Crippen LogP contribution in [0.1, 0.15) is 60.6 Å². The molecule has 25 heavy (non-hydrogen) atoms. The number of nitrogens with zero attached hydrogens (tertiary/aromatic N) is 1. The molecule has 0 atom stereocenters. The van der Waals surface area contributed by atoms with E-state index in [9.17, 15) is 4.79 Å². The van der Waals surface area contributed by atoms with Gasteiger partial charge < -0.3 is 10.1 Å². The molecule has 2 rings (SSSR count). The fourth-order valence-electron chi connectivity index (χ4n) is 2.69. The Balaban J connectivity index is 1.83. The molecule has 0 aliphatic rings. The number of hydrogen-bond acceptors (Lipinski definition) is 3. The fraction of sp³-hybridized carbons (Fsp3) is 0.429. The molecule has 4 heteroatoms. The normalized spacial score (nSPS) is 10.5. The lowest BCUT2D eigenvalue weighted by Crippen LogP contribution is -2.13. The highest BCUT2D eigenvalue weighted by Gasteiger charge is 2.08. The van der Waals surface area contributed by atoms with Gasteiger partial charge in [-0.25, -0.2) is 4.98 Å². The summed E-state index contributed by atoms with van der Waals surface area (Å²) in [4.78, 5) is 16.6. The summed E-state index contributed by atoms with van der Waals surface area (Å²) in [5, 5.41) is 2.84. The fourth-order valence-corrected chi connectivity index (χ4v) is 2.69. The topological polar surface area (TPSA) is 51.2 Å². The molecule has 0 fully saturated rings. The predicted octanol–water partition coefficient (Wildman–Crippen LogP) is 5.30. The number of pyridine rings is 1. The Morgan fingerprint density at radius 3 is 2.44 bits per heavy atom. The number of unbranched alkanes of at least 4 members (excludes halogenated alkanes) is 4. The van der Waals surface area contributed by atoms with Gasteiger partial charge in [0, 0.05) is 11.3 Å². The van der Waals surface area contributed by atoms with E-state index in [1.807, 2.05) is 38.1 Å². The molecular weight excluding hydrogens is 312 g/mol. The number of carbonyl (C=O) groups is 1. The van der Waals surface area contributed by atoms with Gasteiger partial charge in [0.15, 0.2) is 0 Å². The second kappa shape index (κ2) is 9.82. The summed E-state index contributed by atoms with van der Waals surface area (Å²) in [5.41, 5.74) is 2.56. The average Bonchev–Trinajstić information content (AvgIpc) is 2.57. The van der Waals surface area contributed by atoms with Crippen molar-refractivity contribution in [2.45, 2.75) is 52.9 Å². The lowest BCUT2D eigenvalue weighted by molar-refractivity contribution is 0.102. The molecule has 0 aliphatic carbocycles. The maximum Gasteiger partial charge on any atom is 0.256 e. The number of carbonyl (C=O) groups excluding carboxylic acids is 1. The van der Waals surface area contributed by atoms with Gasteiger partial charge in [-0.2, -0.15) is 0 Å². The van der Waals surface area contributed by atoms with E-state index < -0.39 is 0 Å². The Labute approximate surface area is 150 Å². The second-order valence-corrected chi connectivity index (χ2v) is 6.41. The Morgan fingerprint density at radius 2 is 1.76 bits per heavy atom. The number of aromatic nitrogens is 1. The summed E-state index contributed by atoms with van der Waals surface area (Å²) >= 11 is 0. The molecule has 134 valence electrons. The number of hydrogen-bond donors (Lipinski definition) is 1. The van der Waals surface area contributed by atoms with E-state index in [-0.39, 0.29) is 5.91 Å². The largest absolute Gasteiger partial charge is 0.494 e. The number of amides is 1. The first-order valence-electron chi connectivity index (χ1n) is 9.08. The number of nitrogens with one attached hydrogen (secondary N) is 1. The van der Waals surface area contributed by atoms with Gasteiger partial charge in [-0.1, -0.05) is 32.6 Å². The van der Waals surface area contributed by atoms with Crippen LogP contribution in [-0.4, -0.2) is 17.5 Å². The van der Waals surface area contributed by atoms with Crippen molar-refractivity contribution in [3.05, 3.63) is 53.2 Å². The summed E-state index contributed by atoms with van der Waals surface area (Å²) in [5.74, 6) is 1.22. The van der Waals surface area contributed by atoms with Gasteiger partial charge in [0.1, 0.15) is 11.6 Å². The molecule has 1 aromatic carbocycles. The van der Waals surface area contributed by atoms with Crippen molar-refractivity contribution >= 4 is 11.7 Å². The summed E-state index contributed by atoms with van der Waals surface area (Å²) in [6, 6.07) is 11.1. The molecule has 1 amide bonds. The van der Waals surface area contributed by atoms with Crippen LogP contribution in [0.5, 0.6) is 5.75 Å². The molecular formula is C21H28N2O2. The molecule has 0 aliphatic heterocycles. The van der Waals surface area contributed by atoms with Gasteiger partial charge in [-0.15, -0.1) is 0 Å². The summed E-state index contributed by atoms with van der Waals surface area (Å²) < 4.78 is 5.73. The van der Waals surface area contributed by atoms with Gasteiger partial charge >= 0.3 is 0 Å². The maximum atomic E-state index is 12.3. The Kier molecular flexibility index (Phi) is 7.45. The molecule has 4 nitrogen and oxygen atoms in total. The Bertz CT molecular complexity index is 661. The van der Waals surface area contributed by atoms with Crippen LogP contribution in [0.2, 0.25) is 0 Å². The quantitative estimate of drug-likeness (QED) is 0.630. The Hall–Kier alpha value is -2.36. The van der Waals surface area contributed by atoms with Crippen molar-refractivity contribution in [2.75, 3.05) is 11.9 Å². The zero-order chi connectivity index (χ0) is 18.1. The van der Waals surface area contributed by atoms with E-state index in [4.69, 9.17) is 4.74 Å². The summed E-state index contributed by atoms with van der Waals surface area (Å²) in [6.07, 6.45) is 6.09. The minimum absolute atomic E-state index is 0.163. The van der Waals surface area contributed by atoms with E-state index in [0.29, 0.717) is 11.4 Å². The highest BCUT2D eigenvalue weighted by atomic mass is 16.5. The summed E-state index contributed by atoms with van der Waals surface area (Å²) in [6.45, 7) is 6.84. The smallest absolute Gasteiger partial charge is 0.256 e. The van der Waals surface area contributed by atoms with Crippen LogP contribution >= 0.6 is 0 Å². The van der Waals surface area contributed by atoms with E-state index in [0.717, 1.165) is 30.0 Å². The third-order valence-electron chi connectivity index (χ3n) is 3.97. The number of aryl methyl sites for hydroxylation is 2. The average molecular weight is 340 g/mol. The van der Waals surface area contributed by atoms with Crippen LogP contribution in [0.3, 0.4) is 0 Å². The standard InChI is InChI=1S/C21H28N2O2/c1-4-5-6-7-8-13-25-19-11-9-18(10-12-19)21(24)23-20-15-16(2)14-17(3)22-20/h9-12,14-15H,4-8,13H2,1-3H3,(H,22,23,24). The molecule has 0 saturated carbocycles. The van der Waals surface area contributed by atoms with Crippen molar-refractivity contribution in [2.24, 2.45) is 0 Å². The maximum absolute atomic E-state index is 12.3. The number of ether oxygens (including phenoxy) is 1. The molecule has 1 heterocycles. The first-order valence-corrected chi connectivity index (χ1v) is 9.08. The highest BCUT2D eigenvalue weighted by molar-refractivity contribution is 6.03. The molecule has 0 saturated heterocycles.